The van der Waals surface area contributed by atoms with Crippen molar-refractivity contribution < 1.29 is 0 Å². The van der Waals surface area contributed by atoms with E-state index in [1.807, 2.05) is 0 Å². The first-order valence-electron chi connectivity index (χ1n) is 9.59. The van der Waals surface area contributed by atoms with Gasteiger partial charge in [0.15, 0.2) is 0 Å². The van der Waals surface area contributed by atoms with Crippen molar-refractivity contribution in [2.24, 2.45) is 17.3 Å². The Morgan fingerprint density at radius 1 is 0.857 bits per heavy atom. The highest BCUT2D eigenvalue weighted by atomic mass is 35.5. The van der Waals surface area contributed by atoms with Gasteiger partial charge in [-0.3, -0.25) is 0 Å². The number of halogens is 1. The van der Waals surface area contributed by atoms with Gasteiger partial charge in [0.05, 0.1) is 0 Å². The molecule has 3 unspecified atom stereocenters. The zero-order valence-electron chi connectivity index (χ0n) is 15.1. The van der Waals surface area contributed by atoms with Gasteiger partial charge in [0, 0.05) is 5.38 Å². The van der Waals surface area contributed by atoms with E-state index in [1.54, 1.807) is 0 Å². The zero-order valence-corrected chi connectivity index (χ0v) is 15.9. The fourth-order valence-corrected chi connectivity index (χ4v) is 4.21. The van der Waals surface area contributed by atoms with E-state index >= 15 is 0 Å². The third-order valence-electron chi connectivity index (χ3n) is 5.54. The zero-order chi connectivity index (χ0) is 15.7. The molecule has 3 atom stereocenters. The van der Waals surface area contributed by atoms with Gasteiger partial charge in [-0.05, 0) is 42.9 Å². The Balaban J connectivity index is 2.12. The first-order chi connectivity index (χ1) is 9.95. The van der Waals surface area contributed by atoms with Gasteiger partial charge in [-0.2, -0.15) is 0 Å². The summed E-state index contributed by atoms with van der Waals surface area (Å²) < 4.78 is 0. The molecular formula is C20H39Cl. The molecular weight excluding hydrogens is 276 g/mol. The largest absolute Gasteiger partial charge is 0.123 e. The lowest BCUT2D eigenvalue weighted by Gasteiger charge is -2.40. The molecule has 1 aliphatic rings. The second-order valence-corrected chi connectivity index (χ2v) is 8.98. The van der Waals surface area contributed by atoms with Crippen LogP contribution in [-0.2, 0) is 0 Å². The normalized spacial score (nSPS) is 27.0. The fraction of sp³-hybridized carbons (Fsp3) is 1.00. The number of hydrogen-bond donors (Lipinski definition) is 0. The molecule has 0 aliphatic heterocycles. The SMILES string of the molecule is CCCCCCCCCCC1CC(C(C)(C)C)CCC1Cl. The third-order valence-corrected chi connectivity index (χ3v) is 6.12. The summed E-state index contributed by atoms with van der Waals surface area (Å²) in [6, 6.07) is 0. The minimum Gasteiger partial charge on any atom is -0.123 e. The van der Waals surface area contributed by atoms with Gasteiger partial charge in [-0.1, -0.05) is 79.1 Å². The van der Waals surface area contributed by atoms with Gasteiger partial charge in [-0.15, -0.1) is 11.6 Å². The first-order valence-corrected chi connectivity index (χ1v) is 10.0. The van der Waals surface area contributed by atoms with Crippen molar-refractivity contribution >= 4 is 11.6 Å². The Morgan fingerprint density at radius 3 is 2.00 bits per heavy atom. The number of hydrogen-bond acceptors (Lipinski definition) is 0. The maximum Gasteiger partial charge on any atom is 0.0364 e. The number of unbranched alkanes of at least 4 members (excludes halogenated alkanes) is 7. The number of alkyl halides is 1. The van der Waals surface area contributed by atoms with Crippen molar-refractivity contribution in [1.29, 1.82) is 0 Å². The van der Waals surface area contributed by atoms with Crippen LogP contribution in [0.3, 0.4) is 0 Å². The summed E-state index contributed by atoms with van der Waals surface area (Å²) in [6.07, 6.45) is 16.7. The summed E-state index contributed by atoms with van der Waals surface area (Å²) in [5.74, 6) is 1.66. The van der Waals surface area contributed by atoms with Crippen LogP contribution in [0.1, 0.15) is 105 Å². The smallest absolute Gasteiger partial charge is 0.0364 e. The highest BCUT2D eigenvalue weighted by Crippen LogP contribution is 2.43. The lowest BCUT2D eigenvalue weighted by Crippen LogP contribution is -2.32. The molecule has 0 aromatic carbocycles. The van der Waals surface area contributed by atoms with Crippen LogP contribution in [0.4, 0.5) is 0 Å². The van der Waals surface area contributed by atoms with E-state index in [0.29, 0.717) is 10.8 Å². The Kier molecular flexibility index (Phi) is 9.33. The molecule has 0 spiro atoms. The van der Waals surface area contributed by atoms with Crippen LogP contribution in [0, 0.1) is 17.3 Å². The summed E-state index contributed by atoms with van der Waals surface area (Å²) in [5, 5.41) is 0.452. The van der Waals surface area contributed by atoms with Crippen LogP contribution in [0.5, 0.6) is 0 Å². The molecule has 0 saturated heterocycles. The molecule has 0 N–H and O–H groups in total. The molecule has 0 nitrogen and oxygen atoms in total. The Morgan fingerprint density at radius 2 is 1.43 bits per heavy atom. The molecule has 1 heteroatoms. The average molecular weight is 315 g/mol. The standard InChI is InChI=1S/C20H39Cl/c1-5-6-7-8-9-10-11-12-13-17-16-18(20(2,3)4)14-15-19(17)21/h17-19H,5-16H2,1-4H3. The molecule has 0 radical (unpaired) electrons. The van der Waals surface area contributed by atoms with Gasteiger partial charge >= 0.3 is 0 Å². The highest BCUT2D eigenvalue weighted by Gasteiger charge is 2.34. The van der Waals surface area contributed by atoms with E-state index in [4.69, 9.17) is 11.6 Å². The van der Waals surface area contributed by atoms with E-state index < -0.39 is 0 Å². The lowest BCUT2D eigenvalue weighted by atomic mass is 9.68. The van der Waals surface area contributed by atoms with Crippen molar-refractivity contribution in [2.75, 3.05) is 0 Å². The van der Waals surface area contributed by atoms with Gasteiger partial charge in [0.2, 0.25) is 0 Å². The lowest BCUT2D eigenvalue weighted by molar-refractivity contribution is 0.138. The monoisotopic (exact) mass is 314 g/mol. The molecule has 1 saturated carbocycles. The molecule has 126 valence electrons. The van der Waals surface area contributed by atoms with Crippen molar-refractivity contribution in [3.63, 3.8) is 0 Å². The first kappa shape index (κ1) is 19.3. The van der Waals surface area contributed by atoms with Crippen molar-refractivity contribution in [2.45, 2.75) is 110 Å². The van der Waals surface area contributed by atoms with Gasteiger partial charge in [0.1, 0.15) is 0 Å². The van der Waals surface area contributed by atoms with Crippen LogP contribution in [-0.4, -0.2) is 5.38 Å². The van der Waals surface area contributed by atoms with Crippen molar-refractivity contribution in [1.82, 2.24) is 0 Å². The van der Waals surface area contributed by atoms with Crippen LogP contribution >= 0.6 is 11.6 Å². The van der Waals surface area contributed by atoms with Crippen molar-refractivity contribution in [3.8, 4) is 0 Å². The van der Waals surface area contributed by atoms with E-state index in [2.05, 4.69) is 27.7 Å². The van der Waals surface area contributed by atoms with Crippen LogP contribution in [0.25, 0.3) is 0 Å². The Bertz CT molecular complexity index is 253. The molecule has 0 bridgehead atoms. The second-order valence-electron chi connectivity index (χ2n) is 8.42. The van der Waals surface area contributed by atoms with Crippen LogP contribution < -0.4 is 0 Å². The molecule has 0 heterocycles. The Hall–Kier alpha value is 0.290. The Labute approximate surface area is 139 Å². The number of rotatable bonds is 9. The van der Waals surface area contributed by atoms with Crippen molar-refractivity contribution in [3.05, 3.63) is 0 Å². The molecule has 1 rings (SSSR count). The van der Waals surface area contributed by atoms with E-state index in [0.717, 1.165) is 11.8 Å². The summed E-state index contributed by atoms with van der Waals surface area (Å²) >= 11 is 6.60. The fourth-order valence-electron chi connectivity index (χ4n) is 3.85. The predicted molar refractivity (Wildman–Crippen MR) is 97.2 cm³/mol. The second kappa shape index (κ2) is 10.1. The van der Waals surface area contributed by atoms with E-state index in [-0.39, 0.29) is 0 Å². The van der Waals surface area contributed by atoms with Gasteiger partial charge in [-0.25, -0.2) is 0 Å². The van der Waals surface area contributed by atoms with E-state index in [1.165, 1.54) is 77.0 Å². The minimum atomic E-state index is 0.452. The maximum atomic E-state index is 6.60. The molecule has 0 aromatic rings. The molecule has 0 aromatic heterocycles. The molecule has 1 aliphatic carbocycles. The summed E-state index contributed by atoms with van der Waals surface area (Å²) in [7, 11) is 0. The molecule has 1 fully saturated rings. The topological polar surface area (TPSA) is 0 Å². The summed E-state index contributed by atoms with van der Waals surface area (Å²) in [6.45, 7) is 9.50. The average Bonchev–Trinajstić information content (AvgIpc) is 2.42. The molecule has 21 heavy (non-hydrogen) atoms. The summed E-state index contributed by atoms with van der Waals surface area (Å²) in [5.41, 5.74) is 0.467. The minimum absolute atomic E-state index is 0.452. The van der Waals surface area contributed by atoms with Crippen LogP contribution in [0.2, 0.25) is 0 Å². The van der Waals surface area contributed by atoms with Gasteiger partial charge < -0.3 is 0 Å². The predicted octanol–water partition coefficient (Wildman–Crippen LogP) is 7.59. The third kappa shape index (κ3) is 7.91. The highest BCUT2D eigenvalue weighted by molar-refractivity contribution is 6.20. The van der Waals surface area contributed by atoms with Crippen LogP contribution in [0.15, 0.2) is 0 Å². The van der Waals surface area contributed by atoms with Gasteiger partial charge in [0.25, 0.3) is 0 Å². The van der Waals surface area contributed by atoms with E-state index in [9.17, 15) is 0 Å². The summed E-state index contributed by atoms with van der Waals surface area (Å²) in [4.78, 5) is 0. The quantitative estimate of drug-likeness (QED) is 0.304. The maximum absolute atomic E-state index is 6.60. The molecule has 0 amide bonds.